The zero-order valence-corrected chi connectivity index (χ0v) is 11.4. The van der Waals surface area contributed by atoms with Crippen molar-refractivity contribution >= 4 is 0 Å². The first-order chi connectivity index (χ1) is 8.22. The molecule has 1 aliphatic carbocycles. The number of nitrogens with two attached hydrogens (primary N) is 1. The highest BCUT2D eigenvalue weighted by Gasteiger charge is 2.33. The van der Waals surface area contributed by atoms with Crippen molar-refractivity contribution in [3.05, 3.63) is 0 Å². The lowest BCUT2D eigenvalue weighted by Gasteiger charge is -2.45. The number of hydrogen-bond donors (Lipinski definition) is 1. The Hall–Kier alpha value is -0.120. The first-order valence-corrected chi connectivity index (χ1v) is 7.29. The van der Waals surface area contributed by atoms with E-state index in [-0.39, 0.29) is 0 Å². The maximum absolute atomic E-state index is 6.06. The van der Waals surface area contributed by atoms with Crippen LogP contribution in [0.3, 0.4) is 0 Å². The molecule has 3 unspecified atom stereocenters. The highest BCUT2D eigenvalue weighted by molar-refractivity contribution is 4.88. The van der Waals surface area contributed by atoms with E-state index in [1.807, 2.05) is 0 Å². The predicted molar refractivity (Wildman–Crippen MR) is 71.0 cm³/mol. The third kappa shape index (κ3) is 3.21. The minimum atomic E-state index is 0.365. The maximum atomic E-state index is 6.06. The molecule has 1 saturated carbocycles. The fourth-order valence-electron chi connectivity index (χ4n) is 3.51. The van der Waals surface area contributed by atoms with Gasteiger partial charge in [-0.15, -0.1) is 0 Å². The average Bonchev–Trinajstić information content (AvgIpc) is 2.36. The van der Waals surface area contributed by atoms with Crippen LogP contribution in [0, 0.1) is 5.92 Å². The highest BCUT2D eigenvalue weighted by Crippen LogP contribution is 2.30. The van der Waals surface area contributed by atoms with Gasteiger partial charge in [0.15, 0.2) is 0 Å². The zero-order valence-electron chi connectivity index (χ0n) is 11.4. The summed E-state index contributed by atoms with van der Waals surface area (Å²) in [6.07, 6.45) is 7.33. The van der Waals surface area contributed by atoms with E-state index < -0.39 is 0 Å². The molecule has 0 amide bonds. The molecule has 0 bridgehead atoms. The molecule has 1 heterocycles. The van der Waals surface area contributed by atoms with Gasteiger partial charge in [0.05, 0.1) is 12.7 Å². The predicted octanol–water partition coefficient (Wildman–Crippen LogP) is 2.00. The first-order valence-electron chi connectivity index (χ1n) is 7.29. The molecule has 1 saturated heterocycles. The lowest BCUT2D eigenvalue weighted by molar-refractivity contribution is -0.0758. The molecule has 2 aliphatic rings. The third-order valence-corrected chi connectivity index (χ3v) is 4.52. The van der Waals surface area contributed by atoms with Gasteiger partial charge in [0, 0.05) is 25.2 Å². The quantitative estimate of drug-likeness (QED) is 0.820. The monoisotopic (exact) mass is 240 g/mol. The molecule has 0 radical (unpaired) electrons. The summed E-state index contributed by atoms with van der Waals surface area (Å²) in [5.74, 6) is 0.821. The second-order valence-corrected chi connectivity index (χ2v) is 5.89. The molecule has 3 atom stereocenters. The largest absolute Gasteiger partial charge is 0.376 e. The van der Waals surface area contributed by atoms with E-state index in [4.69, 9.17) is 10.5 Å². The maximum Gasteiger partial charge on any atom is 0.0674 e. The Bertz CT molecular complexity index is 228. The second-order valence-electron chi connectivity index (χ2n) is 5.89. The molecule has 0 aromatic carbocycles. The van der Waals surface area contributed by atoms with Gasteiger partial charge >= 0.3 is 0 Å². The summed E-state index contributed by atoms with van der Waals surface area (Å²) in [7, 11) is 0. The fraction of sp³-hybridized carbons (Fsp3) is 1.00. The van der Waals surface area contributed by atoms with Crippen LogP contribution in [0.1, 0.15) is 46.0 Å². The highest BCUT2D eigenvalue weighted by atomic mass is 16.5. The molecule has 17 heavy (non-hydrogen) atoms. The van der Waals surface area contributed by atoms with Gasteiger partial charge in [0.25, 0.3) is 0 Å². The van der Waals surface area contributed by atoms with Crippen molar-refractivity contribution in [1.29, 1.82) is 0 Å². The Morgan fingerprint density at radius 1 is 1.24 bits per heavy atom. The molecular formula is C14H28N2O. The van der Waals surface area contributed by atoms with Gasteiger partial charge in [-0.25, -0.2) is 0 Å². The average molecular weight is 240 g/mol. The van der Waals surface area contributed by atoms with Crippen LogP contribution in [0.15, 0.2) is 0 Å². The molecular weight excluding hydrogens is 212 g/mol. The molecule has 2 N–H and O–H groups in total. The molecule has 3 heteroatoms. The van der Waals surface area contributed by atoms with Crippen molar-refractivity contribution < 1.29 is 4.74 Å². The minimum Gasteiger partial charge on any atom is -0.376 e. The van der Waals surface area contributed by atoms with Crippen LogP contribution >= 0.6 is 0 Å². The summed E-state index contributed by atoms with van der Waals surface area (Å²) in [5.41, 5.74) is 6.06. The minimum absolute atomic E-state index is 0.365. The van der Waals surface area contributed by atoms with E-state index in [0.29, 0.717) is 18.2 Å². The van der Waals surface area contributed by atoms with E-state index in [1.54, 1.807) is 0 Å². The van der Waals surface area contributed by atoms with Gasteiger partial charge in [0.1, 0.15) is 0 Å². The Morgan fingerprint density at radius 3 is 2.59 bits per heavy atom. The summed E-state index contributed by atoms with van der Waals surface area (Å²) < 4.78 is 5.72. The van der Waals surface area contributed by atoms with Crippen molar-refractivity contribution in [2.24, 2.45) is 11.7 Å². The molecule has 0 spiro atoms. The lowest BCUT2D eigenvalue weighted by Crippen LogP contribution is -2.56. The van der Waals surface area contributed by atoms with Crippen LogP contribution in [0.5, 0.6) is 0 Å². The van der Waals surface area contributed by atoms with Crippen LogP contribution < -0.4 is 5.73 Å². The topological polar surface area (TPSA) is 38.5 Å². The van der Waals surface area contributed by atoms with Crippen LogP contribution in [0.25, 0.3) is 0 Å². The van der Waals surface area contributed by atoms with Crippen molar-refractivity contribution in [1.82, 2.24) is 4.90 Å². The summed E-state index contributed by atoms with van der Waals surface area (Å²) >= 11 is 0. The molecule has 0 aromatic rings. The van der Waals surface area contributed by atoms with E-state index >= 15 is 0 Å². The van der Waals surface area contributed by atoms with Gasteiger partial charge in [0.2, 0.25) is 0 Å². The summed E-state index contributed by atoms with van der Waals surface area (Å²) in [5, 5.41) is 0. The molecule has 0 aromatic heterocycles. The Morgan fingerprint density at radius 2 is 1.94 bits per heavy atom. The van der Waals surface area contributed by atoms with Gasteiger partial charge in [-0.05, 0) is 32.6 Å². The van der Waals surface area contributed by atoms with Gasteiger partial charge in [-0.2, -0.15) is 0 Å². The Labute approximate surface area is 106 Å². The molecule has 3 nitrogen and oxygen atoms in total. The first kappa shape index (κ1) is 13.3. The summed E-state index contributed by atoms with van der Waals surface area (Å²) in [6.45, 7) is 7.18. The number of ether oxygens (including phenoxy) is 1. The standard InChI is InChI=1S/C14H28N2O/c1-11-10-17-12(2)9-16(11)14(8-15)13-6-4-3-5-7-13/h11-14H,3-10,15H2,1-2H3. The lowest BCUT2D eigenvalue weighted by atomic mass is 9.82. The third-order valence-electron chi connectivity index (χ3n) is 4.52. The van der Waals surface area contributed by atoms with Crippen LogP contribution in [-0.2, 0) is 4.74 Å². The van der Waals surface area contributed by atoms with E-state index in [0.717, 1.165) is 25.6 Å². The SMILES string of the molecule is CC1CN(C(CN)C2CCCCC2)C(C)CO1. The summed E-state index contributed by atoms with van der Waals surface area (Å²) in [6, 6.07) is 1.11. The van der Waals surface area contributed by atoms with Gasteiger partial charge in [-0.1, -0.05) is 19.3 Å². The Kier molecular flexibility index (Phi) is 4.83. The van der Waals surface area contributed by atoms with Crippen molar-refractivity contribution in [3.63, 3.8) is 0 Å². The van der Waals surface area contributed by atoms with E-state index in [2.05, 4.69) is 18.7 Å². The number of rotatable bonds is 3. The van der Waals surface area contributed by atoms with Crippen LogP contribution in [0.2, 0.25) is 0 Å². The van der Waals surface area contributed by atoms with Gasteiger partial charge < -0.3 is 10.5 Å². The van der Waals surface area contributed by atoms with E-state index in [1.165, 1.54) is 32.1 Å². The van der Waals surface area contributed by atoms with Crippen molar-refractivity contribution in [3.8, 4) is 0 Å². The van der Waals surface area contributed by atoms with Crippen molar-refractivity contribution in [2.45, 2.75) is 64.1 Å². The number of hydrogen-bond acceptors (Lipinski definition) is 3. The summed E-state index contributed by atoms with van der Waals surface area (Å²) in [4.78, 5) is 2.62. The van der Waals surface area contributed by atoms with Crippen LogP contribution in [0.4, 0.5) is 0 Å². The normalized spacial score (nSPS) is 34.8. The fourth-order valence-corrected chi connectivity index (χ4v) is 3.51. The number of morpholine rings is 1. The molecule has 2 rings (SSSR count). The molecule has 2 fully saturated rings. The van der Waals surface area contributed by atoms with Crippen LogP contribution in [-0.4, -0.2) is 42.8 Å². The zero-order chi connectivity index (χ0) is 12.3. The number of nitrogens with zero attached hydrogens (tertiary/aromatic N) is 1. The molecule has 100 valence electrons. The Balaban J connectivity index is 1.99. The second kappa shape index (κ2) is 6.17. The molecule has 1 aliphatic heterocycles. The van der Waals surface area contributed by atoms with Crippen molar-refractivity contribution in [2.75, 3.05) is 19.7 Å². The van der Waals surface area contributed by atoms with Gasteiger partial charge in [-0.3, -0.25) is 4.90 Å². The van der Waals surface area contributed by atoms with E-state index in [9.17, 15) is 0 Å². The smallest absolute Gasteiger partial charge is 0.0674 e.